The maximum Gasteiger partial charge on any atom is 0.309 e. The van der Waals surface area contributed by atoms with Crippen molar-refractivity contribution in [2.75, 3.05) is 20.2 Å². The molecule has 3 nitrogen and oxygen atoms in total. The Labute approximate surface area is 92.4 Å². The van der Waals surface area contributed by atoms with E-state index in [9.17, 15) is 4.79 Å². The van der Waals surface area contributed by atoms with Crippen molar-refractivity contribution in [1.29, 1.82) is 0 Å². The van der Waals surface area contributed by atoms with E-state index in [1.165, 1.54) is 7.11 Å². The van der Waals surface area contributed by atoms with Gasteiger partial charge in [-0.15, -0.1) is 13.2 Å². The number of hydrogen-bond donors (Lipinski definition) is 0. The van der Waals surface area contributed by atoms with Gasteiger partial charge in [0.25, 0.3) is 0 Å². The van der Waals surface area contributed by atoms with E-state index in [0.717, 1.165) is 13.1 Å². The lowest BCUT2D eigenvalue weighted by Gasteiger charge is -2.30. The third-order valence-corrected chi connectivity index (χ3v) is 2.60. The Morgan fingerprint density at radius 3 is 2.13 bits per heavy atom. The van der Waals surface area contributed by atoms with E-state index in [-0.39, 0.29) is 17.9 Å². The van der Waals surface area contributed by atoms with E-state index in [4.69, 9.17) is 4.74 Å². The SMILES string of the molecule is C=CCN(CC=C)C(C)C(C)C(=O)OC. The third kappa shape index (κ3) is 4.30. The number of rotatable bonds is 7. The number of methoxy groups -OCH3 is 1. The fourth-order valence-electron chi connectivity index (χ4n) is 1.44. The Bertz CT molecular complexity index is 216. The Balaban J connectivity index is 4.45. The van der Waals surface area contributed by atoms with Crippen LogP contribution in [0.5, 0.6) is 0 Å². The number of hydrogen-bond acceptors (Lipinski definition) is 3. The summed E-state index contributed by atoms with van der Waals surface area (Å²) in [7, 11) is 1.41. The summed E-state index contributed by atoms with van der Waals surface area (Å²) in [5.41, 5.74) is 0. The molecule has 0 radical (unpaired) electrons. The van der Waals surface area contributed by atoms with Crippen LogP contribution < -0.4 is 0 Å². The lowest BCUT2D eigenvalue weighted by molar-refractivity contribution is -0.146. The van der Waals surface area contributed by atoms with Crippen molar-refractivity contribution < 1.29 is 9.53 Å². The maximum absolute atomic E-state index is 11.4. The van der Waals surface area contributed by atoms with Crippen LogP contribution in [0.2, 0.25) is 0 Å². The van der Waals surface area contributed by atoms with Crippen molar-refractivity contribution in [1.82, 2.24) is 4.90 Å². The lowest BCUT2D eigenvalue weighted by atomic mass is 10.0. The molecule has 0 rings (SSSR count). The average molecular weight is 211 g/mol. The van der Waals surface area contributed by atoms with Crippen LogP contribution in [0.1, 0.15) is 13.8 Å². The van der Waals surface area contributed by atoms with Crippen LogP contribution in [0.4, 0.5) is 0 Å². The van der Waals surface area contributed by atoms with Crippen molar-refractivity contribution >= 4 is 5.97 Å². The molecular formula is C12H21NO2. The fourth-order valence-corrected chi connectivity index (χ4v) is 1.44. The highest BCUT2D eigenvalue weighted by molar-refractivity contribution is 5.72. The van der Waals surface area contributed by atoms with Crippen LogP contribution in [0.25, 0.3) is 0 Å². The molecule has 86 valence electrons. The fraction of sp³-hybridized carbons (Fsp3) is 0.583. The molecule has 0 aromatic carbocycles. The van der Waals surface area contributed by atoms with E-state index < -0.39 is 0 Å². The van der Waals surface area contributed by atoms with E-state index in [1.54, 1.807) is 0 Å². The highest BCUT2D eigenvalue weighted by Crippen LogP contribution is 2.12. The van der Waals surface area contributed by atoms with Crippen molar-refractivity contribution in [3.63, 3.8) is 0 Å². The molecule has 15 heavy (non-hydrogen) atoms. The molecule has 0 spiro atoms. The van der Waals surface area contributed by atoms with Crippen LogP contribution in [0.15, 0.2) is 25.3 Å². The van der Waals surface area contributed by atoms with Gasteiger partial charge in [-0.1, -0.05) is 19.1 Å². The minimum atomic E-state index is -0.180. The Hall–Kier alpha value is -1.09. The van der Waals surface area contributed by atoms with Gasteiger partial charge in [0.1, 0.15) is 0 Å². The summed E-state index contributed by atoms with van der Waals surface area (Å²) in [4.78, 5) is 13.5. The zero-order chi connectivity index (χ0) is 11.8. The molecule has 0 fully saturated rings. The molecular weight excluding hydrogens is 190 g/mol. The summed E-state index contributed by atoms with van der Waals surface area (Å²) in [6.45, 7) is 12.8. The Morgan fingerprint density at radius 2 is 1.80 bits per heavy atom. The van der Waals surface area contributed by atoms with Gasteiger partial charge in [0, 0.05) is 19.1 Å². The average Bonchev–Trinajstić information content (AvgIpc) is 2.25. The smallest absolute Gasteiger partial charge is 0.309 e. The standard InChI is InChI=1S/C12H21NO2/c1-6-8-13(9-7-2)11(4)10(3)12(14)15-5/h6-7,10-11H,1-2,8-9H2,3-5H3. The van der Waals surface area contributed by atoms with Gasteiger partial charge in [0.15, 0.2) is 0 Å². The van der Waals surface area contributed by atoms with Crippen LogP contribution >= 0.6 is 0 Å². The third-order valence-electron chi connectivity index (χ3n) is 2.60. The van der Waals surface area contributed by atoms with E-state index in [0.29, 0.717) is 0 Å². The molecule has 0 aliphatic carbocycles. The van der Waals surface area contributed by atoms with Crippen LogP contribution in [0, 0.1) is 5.92 Å². The number of esters is 1. The van der Waals surface area contributed by atoms with Crippen molar-refractivity contribution in [3.05, 3.63) is 25.3 Å². The summed E-state index contributed by atoms with van der Waals surface area (Å²) in [5.74, 6) is -0.324. The van der Waals surface area contributed by atoms with Gasteiger partial charge >= 0.3 is 5.97 Å². The van der Waals surface area contributed by atoms with Gasteiger partial charge < -0.3 is 4.74 Å². The topological polar surface area (TPSA) is 29.5 Å². The van der Waals surface area contributed by atoms with Crippen molar-refractivity contribution in [2.45, 2.75) is 19.9 Å². The second-order valence-electron chi connectivity index (χ2n) is 3.58. The highest BCUT2D eigenvalue weighted by Gasteiger charge is 2.24. The summed E-state index contributed by atoms with van der Waals surface area (Å²) in [5, 5.41) is 0. The number of carbonyl (C=O) groups excluding carboxylic acids is 1. The second-order valence-corrected chi connectivity index (χ2v) is 3.58. The molecule has 0 saturated heterocycles. The lowest BCUT2D eigenvalue weighted by Crippen LogP contribution is -2.41. The summed E-state index contributed by atoms with van der Waals surface area (Å²) < 4.78 is 4.72. The van der Waals surface area contributed by atoms with E-state index in [2.05, 4.69) is 18.1 Å². The molecule has 0 aromatic rings. The summed E-state index contributed by atoms with van der Waals surface area (Å²) in [6.07, 6.45) is 3.65. The van der Waals surface area contributed by atoms with E-state index >= 15 is 0 Å². The molecule has 0 aromatic heterocycles. The predicted octanol–water partition coefficient (Wildman–Crippen LogP) is 1.86. The normalized spacial score (nSPS) is 14.4. The Kier molecular flexibility index (Phi) is 6.71. The molecule has 0 saturated carbocycles. The summed E-state index contributed by atoms with van der Waals surface area (Å²) in [6, 6.07) is 0.119. The maximum atomic E-state index is 11.4. The molecule has 0 heterocycles. The van der Waals surface area contributed by atoms with Crippen molar-refractivity contribution in [3.8, 4) is 0 Å². The van der Waals surface area contributed by atoms with Crippen LogP contribution in [0.3, 0.4) is 0 Å². The zero-order valence-electron chi connectivity index (χ0n) is 9.90. The second kappa shape index (κ2) is 7.23. The zero-order valence-corrected chi connectivity index (χ0v) is 9.90. The van der Waals surface area contributed by atoms with Gasteiger partial charge in [-0.25, -0.2) is 0 Å². The number of nitrogens with zero attached hydrogens (tertiary/aromatic N) is 1. The number of ether oxygens (including phenoxy) is 1. The minimum Gasteiger partial charge on any atom is -0.469 e. The van der Waals surface area contributed by atoms with Gasteiger partial charge in [0.05, 0.1) is 13.0 Å². The largest absolute Gasteiger partial charge is 0.469 e. The number of carbonyl (C=O) groups is 1. The van der Waals surface area contributed by atoms with Crippen LogP contribution in [-0.2, 0) is 9.53 Å². The monoisotopic (exact) mass is 211 g/mol. The molecule has 3 heteroatoms. The quantitative estimate of drug-likeness (QED) is 0.475. The molecule has 0 aliphatic rings. The van der Waals surface area contributed by atoms with Gasteiger partial charge in [-0.2, -0.15) is 0 Å². The molecule has 2 unspecified atom stereocenters. The molecule has 0 N–H and O–H groups in total. The Morgan fingerprint density at radius 1 is 1.33 bits per heavy atom. The summed E-state index contributed by atoms with van der Waals surface area (Å²) >= 11 is 0. The predicted molar refractivity (Wildman–Crippen MR) is 62.6 cm³/mol. The van der Waals surface area contributed by atoms with Gasteiger partial charge in [-0.05, 0) is 6.92 Å². The first kappa shape index (κ1) is 13.9. The first-order valence-electron chi connectivity index (χ1n) is 5.12. The van der Waals surface area contributed by atoms with Gasteiger partial charge in [0.2, 0.25) is 0 Å². The first-order valence-corrected chi connectivity index (χ1v) is 5.12. The molecule has 2 atom stereocenters. The first-order chi connectivity index (χ1) is 7.08. The minimum absolute atomic E-state index is 0.119. The molecule has 0 aliphatic heterocycles. The van der Waals surface area contributed by atoms with E-state index in [1.807, 2.05) is 26.0 Å². The molecule has 0 amide bonds. The van der Waals surface area contributed by atoms with Crippen molar-refractivity contribution in [2.24, 2.45) is 5.92 Å². The highest BCUT2D eigenvalue weighted by atomic mass is 16.5. The van der Waals surface area contributed by atoms with Crippen LogP contribution in [-0.4, -0.2) is 37.1 Å². The van der Waals surface area contributed by atoms with Gasteiger partial charge in [-0.3, -0.25) is 9.69 Å². The molecule has 0 bridgehead atoms.